The summed E-state index contributed by atoms with van der Waals surface area (Å²) in [6, 6.07) is 15.3. The number of thiazole rings is 1. The highest BCUT2D eigenvalue weighted by atomic mass is 32.1. The lowest BCUT2D eigenvalue weighted by molar-refractivity contribution is 0.102. The normalized spacial score (nSPS) is 14.5. The Labute approximate surface area is 165 Å². The molecule has 1 N–H and O–H groups in total. The Morgan fingerprint density at radius 3 is 2.86 bits per heavy atom. The Bertz CT molecular complexity index is 1160. The first kappa shape index (κ1) is 17.1. The van der Waals surface area contributed by atoms with Crippen LogP contribution in [0.5, 0.6) is 0 Å². The summed E-state index contributed by atoms with van der Waals surface area (Å²) in [4.78, 5) is 24.2. The molecule has 0 spiro atoms. The average Bonchev–Trinajstić information content (AvgIpc) is 3.17. The van der Waals surface area contributed by atoms with Crippen LogP contribution in [-0.2, 0) is 4.74 Å². The molecule has 1 amide bonds. The summed E-state index contributed by atoms with van der Waals surface area (Å²) in [7, 11) is 0. The first-order valence-electron chi connectivity index (χ1n) is 9.16. The minimum Gasteiger partial charge on any atom is -0.378 e. The second-order valence-electron chi connectivity index (χ2n) is 6.61. The number of carbonyl (C=O) groups is 1. The van der Waals surface area contributed by atoms with Gasteiger partial charge < -0.3 is 15.0 Å². The molecule has 0 atom stereocenters. The number of anilines is 2. The lowest BCUT2D eigenvalue weighted by atomic mass is 10.1. The average molecular weight is 390 g/mol. The number of hydrogen-bond acceptors (Lipinski definition) is 6. The molecule has 0 radical (unpaired) electrons. The van der Waals surface area contributed by atoms with Gasteiger partial charge in [-0.25, -0.2) is 4.98 Å². The van der Waals surface area contributed by atoms with Gasteiger partial charge in [0.05, 0.1) is 34.5 Å². The molecule has 1 saturated heterocycles. The van der Waals surface area contributed by atoms with Crippen LogP contribution in [0.25, 0.3) is 21.1 Å². The summed E-state index contributed by atoms with van der Waals surface area (Å²) in [5, 5.41) is 4.95. The van der Waals surface area contributed by atoms with Gasteiger partial charge in [-0.3, -0.25) is 9.78 Å². The third kappa shape index (κ3) is 3.19. The number of nitrogens with zero attached hydrogens (tertiary/aromatic N) is 3. The summed E-state index contributed by atoms with van der Waals surface area (Å²) in [6.45, 7) is 3.18. The fourth-order valence-electron chi connectivity index (χ4n) is 3.37. The predicted molar refractivity (Wildman–Crippen MR) is 112 cm³/mol. The molecule has 5 rings (SSSR count). The smallest absolute Gasteiger partial charge is 0.257 e. The molecule has 1 aliphatic rings. The van der Waals surface area contributed by atoms with Crippen molar-refractivity contribution in [3.8, 4) is 0 Å². The van der Waals surface area contributed by atoms with E-state index < -0.39 is 0 Å². The summed E-state index contributed by atoms with van der Waals surface area (Å²) < 4.78 is 6.46. The fourth-order valence-corrected chi connectivity index (χ4v) is 4.42. The number of amides is 1. The van der Waals surface area contributed by atoms with Crippen LogP contribution in [-0.4, -0.2) is 42.2 Å². The van der Waals surface area contributed by atoms with Crippen molar-refractivity contribution in [1.82, 2.24) is 9.97 Å². The molecule has 0 bridgehead atoms. The molecule has 28 heavy (non-hydrogen) atoms. The Morgan fingerprint density at radius 2 is 1.96 bits per heavy atom. The van der Waals surface area contributed by atoms with Crippen LogP contribution >= 0.6 is 11.3 Å². The van der Waals surface area contributed by atoms with Gasteiger partial charge in [0.25, 0.3) is 5.91 Å². The standard InChI is InChI=1S/C21H18N4O2S/c26-20(16-5-1-3-14-4-2-8-22-19(14)16)23-15-6-7-17-18(13-15)28-21(24-17)25-9-11-27-12-10-25/h1-8,13H,9-12H2,(H,23,26). The molecule has 0 aliphatic carbocycles. The molecule has 0 saturated carbocycles. The van der Waals surface area contributed by atoms with E-state index in [2.05, 4.69) is 15.2 Å². The Balaban J connectivity index is 1.42. The highest BCUT2D eigenvalue weighted by Gasteiger charge is 2.16. The van der Waals surface area contributed by atoms with E-state index in [-0.39, 0.29) is 5.91 Å². The van der Waals surface area contributed by atoms with Crippen molar-refractivity contribution in [3.63, 3.8) is 0 Å². The minimum absolute atomic E-state index is 0.165. The number of ether oxygens (including phenoxy) is 1. The number of rotatable bonds is 3. The molecule has 4 aromatic rings. The largest absolute Gasteiger partial charge is 0.378 e. The molecule has 140 valence electrons. The number of carbonyl (C=O) groups excluding carboxylic acids is 1. The van der Waals surface area contributed by atoms with Crippen LogP contribution in [0.4, 0.5) is 10.8 Å². The molecule has 7 heteroatoms. The van der Waals surface area contributed by atoms with Crippen molar-refractivity contribution < 1.29 is 9.53 Å². The lowest BCUT2D eigenvalue weighted by Gasteiger charge is -2.25. The third-order valence-electron chi connectivity index (χ3n) is 4.79. The zero-order chi connectivity index (χ0) is 18.9. The maximum Gasteiger partial charge on any atom is 0.257 e. The van der Waals surface area contributed by atoms with E-state index in [1.807, 2.05) is 42.5 Å². The maximum absolute atomic E-state index is 12.8. The predicted octanol–water partition coefficient (Wildman–Crippen LogP) is 3.93. The Morgan fingerprint density at radius 1 is 1.11 bits per heavy atom. The summed E-state index contributed by atoms with van der Waals surface area (Å²) in [6.07, 6.45) is 1.70. The van der Waals surface area contributed by atoms with E-state index in [4.69, 9.17) is 9.72 Å². The monoisotopic (exact) mass is 390 g/mol. The highest BCUT2D eigenvalue weighted by Crippen LogP contribution is 2.31. The molecular weight excluding hydrogens is 372 g/mol. The van der Waals surface area contributed by atoms with Gasteiger partial charge >= 0.3 is 0 Å². The van der Waals surface area contributed by atoms with Crippen LogP contribution < -0.4 is 10.2 Å². The van der Waals surface area contributed by atoms with Gasteiger partial charge in [0.2, 0.25) is 0 Å². The first-order valence-corrected chi connectivity index (χ1v) is 9.98. The van der Waals surface area contributed by atoms with Gasteiger partial charge in [-0.1, -0.05) is 29.5 Å². The van der Waals surface area contributed by atoms with Crippen molar-refractivity contribution >= 4 is 49.2 Å². The quantitative estimate of drug-likeness (QED) is 0.574. The number of para-hydroxylation sites is 1. The number of fused-ring (bicyclic) bond motifs is 2. The molecule has 1 aliphatic heterocycles. The summed E-state index contributed by atoms with van der Waals surface area (Å²) >= 11 is 1.64. The number of pyridine rings is 1. The molecule has 1 fully saturated rings. The topological polar surface area (TPSA) is 67.4 Å². The van der Waals surface area contributed by atoms with Gasteiger partial charge in [0.15, 0.2) is 5.13 Å². The Hall–Kier alpha value is -3.03. The van der Waals surface area contributed by atoms with E-state index in [9.17, 15) is 4.79 Å². The molecule has 3 heterocycles. The lowest BCUT2D eigenvalue weighted by Crippen LogP contribution is -2.36. The van der Waals surface area contributed by atoms with E-state index in [0.29, 0.717) is 11.1 Å². The van der Waals surface area contributed by atoms with Gasteiger partial charge in [-0.15, -0.1) is 0 Å². The van der Waals surface area contributed by atoms with Crippen molar-refractivity contribution in [3.05, 3.63) is 60.3 Å². The number of nitrogens with one attached hydrogen (secondary N) is 1. The molecule has 2 aromatic carbocycles. The number of aromatic nitrogens is 2. The second-order valence-corrected chi connectivity index (χ2v) is 7.62. The Kier molecular flexibility index (Phi) is 4.38. The van der Waals surface area contributed by atoms with E-state index in [1.165, 1.54) is 0 Å². The first-order chi connectivity index (χ1) is 13.8. The second kappa shape index (κ2) is 7.18. The van der Waals surface area contributed by atoms with Crippen LogP contribution in [0.15, 0.2) is 54.7 Å². The number of benzene rings is 2. The minimum atomic E-state index is -0.165. The zero-order valence-electron chi connectivity index (χ0n) is 15.1. The van der Waals surface area contributed by atoms with E-state index in [0.717, 1.165) is 52.7 Å². The van der Waals surface area contributed by atoms with Crippen LogP contribution in [0.1, 0.15) is 10.4 Å². The van der Waals surface area contributed by atoms with E-state index in [1.54, 1.807) is 23.6 Å². The number of hydrogen-bond donors (Lipinski definition) is 1. The van der Waals surface area contributed by atoms with Crippen LogP contribution in [0.2, 0.25) is 0 Å². The fraction of sp³-hybridized carbons (Fsp3) is 0.190. The maximum atomic E-state index is 12.8. The number of morpholine rings is 1. The van der Waals surface area contributed by atoms with Crippen molar-refractivity contribution in [2.75, 3.05) is 36.5 Å². The van der Waals surface area contributed by atoms with Crippen LogP contribution in [0, 0.1) is 0 Å². The third-order valence-corrected chi connectivity index (χ3v) is 5.87. The van der Waals surface area contributed by atoms with Gasteiger partial charge in [0.1, 0.15) is 0 Å². The molecule has 0 unspecified atom stereocenters. The SMILES string of the molecule is O=C(Nc1ccc2nc(N3CCOCC3)sc2c1)c1cccc2cccnc12. The molecule has 6 nitrogen and oxygen atoms in total. The van der Waals surface area contributed by atoms with Crippen LogP contribution in [0.3, 0.4) is 0 Å². The summed E-state index contributed by atoms with van der Waals surface area (Å²) in [5.41, 5.74) is 2.96. The van der Waals surface area contributed by atoms with Gasteiger partial charge in [-0.2, -0.15) is 0 Å². The van der Waals surface area contributed by atoms with Crippen molar-refractivity contribution in [1.29, 1.82) is 0 Å². The highest BCUT2D eigenvalue weighted by molar-refractivity contribution is 7.22. The van der Waals surface area contributed by atoms with E-state index >= 15 is 0 Å². The van der Waals surface area contributed by atoms with Gasteiger partial charge in [-0.05, 0) is 30.3 Å². The molecule has 2 aromatic heterocycles. The zero-order valence-corrected chi connectivity index (χ0v) is 15.9. The molecular formula is C21H18N4O2S. The summed E-state index contributed by atoms with van der Waals surface area (Å²) in [5.74, 6) is -0.165. The van der Waals surface area contributed by atoms with Crippen molar-refractivity contribution in [2.45, 2.75) is 0 Å². The van der Waals surface area contributed by atoms with Crippen molar-refractivity contribution in [2.24, 2.45) is 0 Å². The van der Waals surface area contributed by atoms with Gasteiger partial charge in [0, 0.05) is 30.4 Å².